The predicted molar refractivity (Wildman–Crippen MR) is 96.3 cm³/mol. The third kappa shape index (κ3) is 4.17. The van der Waals surface area contributed by atoms with Crippen LogP contribution in [0.15, 0.2) is 52.4 Å². The van der Waals surface area contributed by atoms with Crippen LogP contribution in [0.4, 0.5) is 5.82 Å². The Morgan fingerprint density at radius 2 is 1.52 bits per heavy atom. The molecule has 2 aromatic rings. The van der Waals surface area contributed by atoms with Crippen molar-refractivity contribution >= 4 is 25.9 Å². The van der Waals surface area contributed by atoms with Crippen LogP contribution >= 0.6 is 0 Å². The Kier molecular flexibility index (Phi) is 5.81. The van der Waals surface area contributed by atoms with Crippen molar-refractivity contribution in [2.45, 2.75) is 30.6 Å². The van der Waals surface area contributed by atoms with E-state index in [9.17, 15) is 16.8 Å². The Labute approximate surface area is 148 Å². The lowest BCUT2D eigenvalue weighted by Crippen LogP contribution is -2.30. The molecule has 0 amide bonds. The second kappa shape index (κ2) is 7.51. The number of rotatable bonds is 7. The van der Waals surface area contributed by atoms with Crippen LogP contribution in [0.25, 0.3) is 0 Å². The first-order chi connectivity index (χ1) is 11.7. The van der Waals surface area contributed by atoms with Crippen molar-refractivity contribution in [2.75, 3.05) is 17.8 Å². The van der Waals surface area contributed by atoms with Gasteiger partial charge in [0.1, 0.15) is 5.82 Å². The molecule has 2 rings (SSSR count). The molecule has 0 saturated heterocycles. The van der Waals surface area contributed by atoms with E-state index in [-0.39, 0.29) is 15.6 Å². The van der Waals surface area contributed by atoms with E-state index in [1.54, 1.807) is 32.9 Å². The minimum absolute atomic E-state index is 0.0314. The minimum atomic E-state index is -3.85. The maximum Gasteiger partial charge on any atom is 0.263 e. The average molecular weight is 383 g/mol. The molecule has 0 aliphatic rings. The number of nitrogens with zero attached hydrogens (tertiary/aromatic N) is 2. The van der Waals surface area contributed by atoms with Gasteiger partial charge in [-0.3, -0.25) is 4.72 Å². The number of nitrogens with one attached hydrogen (secondary N) is 1. The van der Waals surface area contributed by atoms with Crippen LogP contribution in [0, 0.1) is 6.92 Å². The fourth-order valence-corrected chi connectivity index (χ4v) is 4.82. The highest BCUT2D eigenvalue weighted by atomic mass is 32.2. The average Bonchev–Trinajstić information content (AvgIpc) is 2.58. The van der Waals surface area contributed by atoms with Gasteiger partial charge < -0.3 is 0 Å². The lowest BCUT2D eigenvalue weighted by molar-refractivity contribution is 0.445. The molecule has 1 aromatic heterocycles. The van der Waals surface area contributed by atoms with E-state index in [0.717, 1.165) is 0 Å². The van der Waals surface area contributed by atoms with E-state index in [2.05, 4.69) is 9.71 Å². The molecule has 0 saturated carbocycles. The summed E-state index contributed by atoms with van der Waals surface area (Å²) in [6.45, 7) is 5.93. The fourth-order valence-electron chi connectivity index (χ4n) is 2.28. The Bertz CT molecular complexity index is 936. The van der Waals surface area contributed by atoms with Crippen LogP contribution in [0.3, 0.4) is 0 Å². The van der Waals surface area contributed by atoms with Gasteiger partial charge in [0, 0.05) is 19.3 Å². The third-order valence-corrected chi connectivity index (χ3v) is 7.14. The maximum absolute atomic E-state index is 12.5. The van der Waals surface area contributed by atoms with Gasteiger partial charge >= 0.3 is 0 Å². The fraction of sp³-hybridized carbons (Fsp3) is 0.312. The second-order valence-electron chi connectivity index (χ2n) is 5.34. The monoisotopic (exact) mass is 383 g/mol. The smallest absolute Gasteiger partial charge is 0.263 e. The van der Waals surface area contributed by atoms with Gasteiger partial charge in [0.05, 0.1) is 9.79 Å². The van der Waals surface area contributed by atoms with E-state index >= 15 is 0 Å². The molecule has 7 nitrogen and oxygen atoms in total. The molecule has 0 spiro atoms. The highest BCUT2D eigenvalue weighted by molar-refractivity contribution is 7.92. The summed E-state index contributed by atoms with van der Waals surface area (Å²) in [5.74, 6) is 0.238. The summed E-state index contributed by atoms with van der Waals surface area (Å²) in [7, 11) is -7.47. The lowest BCUT2D eigenvalue weighted by Gasteiger charge is -2.18. The Hall–Kier alpha value is -1.97. The van der Waals surface area contributed by atoms with Gasteiger partial charge in [-0.15, -0.1) is 0 Å². The lowest BCUT2D eigenvalue weighted by atomic mass is 10.3. The summed E-state index contributed by atoms with van der Waals surface area (Å²) in [5.41, 5.74) is 0.687. The zero-order chi connectivity index (χ0) is 18.7. The Morgan fingerprint density at radius 3 is 2.04 bits per heavy atom. The highest BCUT2D eigenvalue weighted by Gasteiger charge is 2.23. The molecule has 9 heteroatoms. The number of aromatic nitrogens is 1. The normalized spacial score (nSPS) is 12.3. The van der Waals surface area contributed by atoms with Crippen LogP contribution in [-0.2, 0) is 20.0 Å². The van der Waals surface area contributed by atoms with Gasteiger partial charge in [-0.05, 0) is 42.8 Å². The summed E-state index contributed by atoms with van der Waals surface area (Å²) in [5, 5.41) is 0. The minimum Gasteiger partial charge on any atom is -0.263 e. The number of hydrogen-bond donors (Lipinski definition) is 1. The van der Waals surface area contributed by atoms with Gasteiger partial charge in [-0.2, -0.15) is 4.31 Å². The predicted octanol–water partition coefficient (Wildman–Crippen LogP) is 2.22. The maximum atomic E-state index is 12.5. The molecule has 1 aromatic carbocycles. The first kappa shape index (κ1) is 19.4. The molecule has 1 N–H and O–H groups in total. The SMILES string of the molecule is CCN(CC)S(=O)(=O)c1ccc(S(=O)(=O)Nc2ncccc2C)cc1. The van der Waals surface area contributed by atoms with E-state index in [1.807, 2.05) is 0 Å². The zero-order valence-electron chi connectivity index (χ0n) is 14.3. The van der Waals surface area contributed by atoms with Crippen LogP contribution in [0.2, 0.25) is 0 Å². The zero-order valence-corrected chi connectivity index (χ0v) is 15.9. The van der Waals surface area contributed by atoms with Crippen molar-refractivity contribution in [2.24, 2.45) is 0 Å². The largest absolute Gasteiger partial charge is 0.263 e. The van der Waals surface area contributed by atoms with Crippen molar-refractivity contribution in [3.63, 3.8) is 0 Å². The number of aryl methyl sites for hydroxylation is 1. The van der Waals surface area contributed by atoms with E-state index in [4.69, 9.17) is 0 Å². The molecular formula is C16H21N3O4S2. The van der Waals surface area contributed by atoms with Gasteiger partial charge in [-0.25, -0.2) is 21.8 Å². The molecule has 0 bridgehead atoms. The Balaban J connectivity index is 2.32. The van der Waals surface area contributed by atoms with Crippen LogP contribution in [-0.4, -0.2) is 39.2 Å². The number of pyridine rings is 1. The molecule has 25 heavy (non-hydrogen) atoms. The standard InChI is InChI=1S/C16H21N3O4S2/c1-4-19(5-2)25(22,23)15-10-8-14(9-11-15)24(20,21)18-16-13(3)7-6-12-17-16/h6-12H,4-5H2,1-3H3,(H,17,18). The molecular weight excluding hydrogens is 362 g/mol. The molecule has 0 fully saturated rings. The summed E-state index contributed by atoms with van der Waals surface area (Å²) < 4.78 is 53.5. The van der Waals surface area contributed by atoms with Crippen molar-refractivity contribution < 1.29 is 16.8 Å². The number of benzene rings is 1. The summed E-state index contributed by atoms with van der Waals surface area (Å²) in [6.07, 6.45) is 1.49. The van der Waals surface area contributed by atoms with Gasteiger partial charge in [-0.1, -0.05) is 19.9 Å². The molecule has 0 aliphatic heterocycles. The number of hydrogen-bond acceptors (Lipinski definition) is 5. The number of sulfonamides is 2. The van der Waals surface area contributed by atoms with E-state index in [0.29, 0.717) is 18.7 Å². The van der Waals surface area contributed by atoms with Gasteiger partial charge in [0.15, 0.2) is 0 Å². The van der Waals surface area contributed by atoms with Crippen molar-refractivity contribution in [3.05, 3.63) is 48.2 Å². The topological polar surface area (TPSA) is 96.4 Å². The molecule has 1 heterocycles. The molecule has 0 radical (unpaired) electrons. The summed E-state index contributed by atoms with van der Waals surface area (Å²) in [4.78, 5) is 4.03. The molecule has 0 aliphatic carbocycles. The highest BCUT2D eigenvalue weighted by Crippen LogP contribution is 2.21. The summed E-state index contributed by atoms with van der Waals surface area (Å²) >= 11 is 0. The van der Waals surface area contributed by atoms with Crippen molar-refractivity contribution in [1.82, 2.24) is 9.29 Å². The Morgan fingerprint density at radius 1 is 0.960 bits per heavy atom. The van der Waals surface area contributed by atoms with Crippen molar-refractivity contribution in [3.8, 4) is 0 Å². The van der Waals surface area contributed by atoms with Crippen molar-refractivity contribution in [1.29, 1.82) is 0 Å². The second-order valence-corrected chi connectivity index (χ2v) is 8.96. The number of anilines is 1. The van der Waals surface area contributed by atoms with Crippen LogP contribution in [0.5, 0.6) is 0 Å². The van der Waals surface area contributed by atoms with E-state index < -0.39 is 20.0 Å². The van der Waals surface area contributed by atoms with Gasteiger partial charge in [0.25, 0.3) is 10.0 Å². The molecule has 136 valence electrons. The van der Waals surface area contributed by atoms with Crippen LogP contribution in [0.1, 0.15) is 19.4 Å². The quantitative estimate of drug-likeness (QED) is 0.791. The van der Waals surface area contributed by atoms with E-state index in [1.165, 1.54) is 34.8 Å². The molecule has 0 unspecified atom stereocenters. The first-order valence-corrected chi connectivity index (χ1v) is 10.7. The third-order valence-electron chi connectivity index (χ3n) is 3.72. The van der Waals surface area contributed by atoms with Gasteiger partial charge in [0.2, 0.25) is 10.0 Å². The van der Waals surface area contributed by atoms with Crippen LogP contribution < -0.4 is 4.72 Å². The molecule has 0 atom stereocenters. The first-order valence-electron chi connectivity index (χ1n) is 7.77. The summed E-state index contributed by atoms with van der Waals surface area (Å²) in [6, 6.07) is 8.60.